The number of benzene rings is 1. The number of hydrogen-bond donors (Lipinski definition) is 2. The molecule has 2 aliphatic rings. The number of allylic oxidation sites excluding steroid dienone is 1. The highest BCUT2D eigenvalue weighted by Crippen LogP contribution is 2.22. The monoisotopic (exact) mass is 490 g/mol. The Bertz CT molecular complexity index is 812. The van der Waals surface area contributed by atoms with Crippen LogP contribution in [0.5, 0.6) is 5.75 Å². The van der Waals surface area contributed by atoms with E-state index < -0.39 is 0 Å². The summed E-state index contributed by atoms with van der Waals surface area (Å²) in [5, 5.41) is 6.64. The second-order valence-corrected chi connectivity index (χ2v) is 9.07. The molecule has 0 saturated carbocycles. The molecule has 2 unspecified atom stereocenters. The van der Waals surface area contributed by atoms with Crippen LogP contribution in [0.4, 0.5) is 0 Å². The molecule has 0 radical (unpaired) electrons. The Hall–Kier alpha value is -2.22. The second kappa shape index (κ2) is 16.4. The molecule has 8 heteroatoms. The Morgan fingerprint density at radius 3 is 2.56 bits per heavy atom. The molecule has 0 amide bonds. The SMILES string of the molecule is CNC1CCOC1.Cc1cc(OCCCC2CCN=CN/C=C(/Cl)C=NCC2)cc(C)c1C=O. The van der Waals surface area contributed by atoms with Gasteiger partial charge in [-0.3, -0.25) is 14.8 Å². The van der Waals surface area contributed by atoms with Crippen molar-refractivity contribution in [3.05, 3.63) is 40.1 Å². The molecule has 2 atom stereocenters. The molecule has 1 saturated heterocycles. The molecule has 1 fully saturated rings. The van der Waals surface area contributed by atoms with Gasteiger partial charge in [0.15, 0.2) is 6.29 Å². The Kier molecular flexibility index (Phi) is 13.5. The molecule has 1 aromatic carbocycles. The van der Waals surface area contributed by atoms with Gasteiger partial charge in [0.1, 0.15) is 5.75 Å². The van der Waals surface area contributed by atoms with Crippen LogP contribution in [0.15, 0.2) is 33.3 Å². The fraction of sp³-hybridized carbons (Fsp3) is 0.577. The zero-order valence-electron chi connectivity index (χ0n) is 20.7. The maximum absolute atomic E-state index is 11.1. The lowest BCUT2D eigenvalue weighted by molar-refractivity contribution is 0.112. The third-order valence-corrected chi connectivity index (χ3v) is 6.19. The minimum atomic E-state index is 0.561. The highest BCUT2D eigenvalue weighted by atomic mass is 35.5. The first-order valence-corrected chi connectivity index (χ1v) is 12.4. The summed E-state index contributed by atoms with van der Waals surface area (Å²) in [7, 11) is 1.97. The van der Waals surface area contributed by atoms with Gasteiger partial charge >= 0.3 is 0 Å². The topological polar surface area (TPSA) is 84.3 Å². The van der Waals surface area contributed by atoms with Gasteiger partial charge in [0.2, 0.25) is 0 Å². The number of aldehydes is 1. The first-order chi connectivity index (χ1) is 16.5. The summed E-state index contributed by atoms with van der Waals surface area (Å²) in [5.74, 6) is 1.39. The van der Waals surface area contributed by atoms with E-state index in [0.29, 0.717) is 23.6 Å². The summed E-state index contributed by atoms with van der Waals surface area (Å²) in [6.07, 6.45) is 11.2. The predicted octanol–water partition coefficient (Wildman–Crippen LogP) is 4.45. The molecule has 0 aromatic heterocycles. The van der Waals surface area contributed by atoms with Crippen molar-refractivity contribution in [3.8, 4) is 5.75 Å². The van der Waals surface area contributed by atoms with Crippen molar-refractivity contribution in [2.24, 2.45) is 15.9 Å². The van der Waals surface area contributed by atoms with Crippen LogP contribution in [-0.2, 0) is 4.74 Å². The van der Waals surface area contributed by atoms with Crippen LogP contribution in [0.3, 0.4) is 0 Å². The predicted molar refractivity (Wildman–Crippen MR) is 141 cm³/mol. The number of aryl methyl sites for hydroxylation is 2. The normalized spacial score (nSPS) is 22.3. The van der Waals surface area contributed by atoms with Crippen molar-refractivity contribution in [1.29, 1.82) is 0 Å². The van der Waals surface area contributed by atoms with E-state index in [2.05, 4.69) is 20.6 Å². The highest BCUT2D eigenvalue weighted by Gasteiger charge is 2.11. The number of ether oxygens (including phenoxy) is 2. The maximum Gasteiger partial charge on any atom is 0.150 e. The summed E-state index contributed by atoms with van der Waals surface area (Å²) < 4.78 is 11.0. The number of nitrogens with zero attached hydrogens (tertiary/aromatic N) is 2. The van der Waals surface area contributed by atoms with Crippen molar-refractivity contribution < 1.29 is 14.3 Å². The number of rotatable bonds is 7. The summed E-state index contributed by atoms with van der Waals surface area (Å²) in [4.78, 5) is 19.8. The smallest absolute Gasteiger partial charge is 0.150 e. The minimum absolute atomic E-state index is 0.561. The lowest BCUT2D eigenvalue weighted by Crippen LogP contribution is -2.24. The van der Waals surface area contributed by atoms with Crippen molar-refractivity contribution in [1.82, 2.24) is 10.6 Å². The van der Waals surface area contributed by atoms with Gasteiger partial charge in [0, 0.05) is 43.7 Å². The second-order valence-electron chi connectivity index (χ2n) is 8.64. The van der Waals surface area contributed by atoms with E-state index in [1.165, 1.54) is 6.42 Å². The molecule has 2 aliphatic heterocycles. The van der Waals surface area contributed by atoms with Gasteiger partial charge < -0.3 is 20.1 Å². The molecule has 0 spiro atoms. The molecule has 7 nitrogen and oxygen atoms in total. The lowest BCUT2D eigenvalue weighted by Gasteiger charge is -2.16. The van der Waals surface area contributed by atoms with Crippen LogP contribution in [0, 0.1) is 19.8 Å². The zero-order chi connectivity index (χ0) is 24.6. The Morgan fingerprint density at radius 1 is 1.21 bits per heavy atom. The molecule has 2 heterocycles. The third kappa shape index (κ3) is 10.8. The van der Waals surface area contributed by atoms with E-state index in [1.807, 2.05) is 33.0 Å². The molecule has 1 aromatic rings. The van der Waals surface area contributed by atoms with Crippen LogP contribution in [0.1, 0.15) is 53.6 Å². The molecule has 0 aliphatic carbocycles. The quantitative estimate of drug-likeness (QED) is 0.435. The van der Waals surface area contributed by atoms with E-state index in [-0.39, 0.29) is 0 Å². The van der Waals surface area contributed by atoms with E-state index >= 15 is 0 Å². The van der Waals surface area contributed by atoms with Gasteiger partial charge in [-0.1, -0.05) is 11.6 Å². The van der Waals surface area contributed by atoms with Gasteiger partial charge in [-0.25, -0.2) is 0 Å². The fourth-order valence-electron chi connectivity index (χ4n) is 3.90. The Morgan fingerprint density at radius 2 is 1.94 bits per heavy atom. The van der Waals surface area contributed by atoms with Gasteiger partial charge in [-0.15, -0.1) is 0 Å². The molecular weight excluding hydrogens is 452 g/mol. The number of halogens is 1. The number of aliphatic imine (C=N–C) groups is 2. The third-order valence-electron chi connectivity index (χ3n) is 5.98. The van der Waals surface area contributed by atoms with Crippen LogP contribution in [-0.4, -0.2) is 64.8 Å². The lowest BCUT2D eigenvalue weighted by atomic mass is 9.96. The number of hydrogen-bond acceptors (Lipinski definition) is 7. The van der Waals surface area contributed by atoms with Gasteiger partial charge in [-0.2, -0.15) is 0 Å². The van der Waals surface area contributed by atoms with Crippen molar-refractivity contribution in [3.63, 3.8) is 0 Å². The molecule has 0 bridgehead atoms. The van der Waals surface area contributed by atoms with Crippen molar-refractivity contribution in [2.75, 3.05) is 40.0 Å². The standard InChI is InChI=1S/C21H28ClN3O2.C5H11NO/c1-16-10-20(11-17(2)21(16)14-26)27-9-3-4-18-5-7-23-12-19(22)13-25-15-24-8-6-18;1-6-5-2-3-7-4-5/h10-15,18H,3-9H2,1-2H3,(H,24,25);5-6H,2-4H2,1H3/b19-13+,23-12?;. The number of carbonyl (C=O) groups excluding carboxylic acids is 1. The molecule has 188 valence electrons. The summed E-state index contributed by atoms with van der Waals surface area (Å²) >= 11 is 6.00. The maximum atomic E-state index is 11.1. The summed E-state index contributed by atoms with van der Waals surface area (Å²) in [5.41, 5.74) is 2.66. The Labute approximate surface area is 209 Å². The molecule has 34 heavy (non-hydrogen) atoms. The van der Waals surface area contributed by atoms with Gasteiger partial charge in [0.05, 0.1) is 24.6 Å². The van der Waals surface area contributed by atoms with E-state index in [0.717, 1.165) is 80.7 Å². The first kappa shape index (κ1) is 28.0. The van der Waals surface area contributed by atoms with E-state index in [1.54, 1.807) is 18.8 Å². The van der Waals surface area contributed by atoms with Crippen molar-refractivity contribution >= 4 is 30.4 Å². The molecule has 3 rings (SSSR count). The number of likely N-dealkylation sites (N-methyl/N-ethyl adjacent to an activating group) is 1. The minimum Gasteiger partial charge on any atom is -0.494 e. The summed E-state index contributed by atoms with van der Waals surface area (Å²) in [6, 6.07) is 4.49. The van der Waals surface area contributed by atoms with Crippen molar-refractivity contribution in [2.45, 2.75) is 52.0 Å². The average Bonchev–Trinajstić information content (AvgIpc) is 3.34. The number of nitrogens with one attached hydrogen (secondary N) is 2. The fourth-order valence-corrected chi connectivity index (χ4v) is 4.03. The van der Waals surface area contributed by atoms with E-state index in [4.69, 9.17) is 21.1 Å². The molecule has 2 N–H and O–H groups in total. The molecular formula is C26H39ClN4O3. The highest BCUT2D eigenvalue weighted by molar-refractivity contribution is 6.39. The van der Waals surface area contributed by atoms with Gasteiger partial charge in [0.25, 0.3) is 0 Å². The first-order valence-electron chi connectivity index (χ1n) is 12.1. The average molecular weight is 491 g/mol. The van der Waals surface area contributed by atoms with Gasteiger partial charge in [-0.05, 0) is 82.2 Å². The largest absolute Gasteiger partial charge is 0.494 e. The Balaban J connectivity index is 0.000000497. The van der Waals surface area contributed by atoms with E-state index in [9.17, 15) is 4.79 Å². The number of carbonyl (C=O) groups is 1. The van der Waals surface area contributed by atoms with Crippen LogP contribution in [0.2, 0.25) is 0 Å². The zero-order valence-corrected chi connectivity index (χ0v) is 21.4. The van der Waals surface area contributed by atoms with Crippen LogP contribution >= 0.6 is 11.6 Å². The summed E-state index contributed by atoms with van der Waals surface area (Å²) in [6.45, 7) is 7.93. The van der Waals surface area contributed by atoms with Crippen LogP contribution < -0.4 is 15.4 Å². The van der Waals surface area contributed by atoms with Crippen LogP contribution in [0.25, 0.3) is 0 Å².